The van der Waals surface area contributed by atoms with Crippen LogP contribution < -0.4 is 10.1 Å². The van der Waals surface area contributed by atoms with E-state index < -0.39 is 0 Å². The Labute approximate surface area is 137 Å². The van der Waals surface area contributed by atoms with Crippen molar-refractivity contribution in [2.24, 2.45) is 5.92 Å². The number of hydrogen-bond acceptors (Lipinski definition) is 4. The van der Waals surface area contributed by atoms with Gasteiger partial charge in [-0.15, -0.1) is 11.8 Å². The first-order chi connectivity index (χ1) is 10.3. The number of carbonyl (C=O) groups is 2. The maximum atomic E-state index is 11.9. The highest BCUT2D eigenvalue weighted by molar-refractivity contribution is 7.99. The summed E-state index contributed by atoms with van der Waals surface area (Å²) < 4.78 is 5.31. The first-order valence-electron chi connectivity index (χ1n) is 7.40. The largest absolute Gasteiger partial charge is 0.496 e. The Morgan fingerprint density at radius 2 is 1.95 bits per heavy atom. The van der Waals surface area contributed by atoms with Crippen molar-refractivity contribution in [3.63, 3.8) is 0 Å². The van der Waals surface area contributed by atoms with Crippen molar-refractivity contribution in [1.82, 2.24) is 5.32 Å². The molecule has 0 aromatic heterocycles. The van der Waals surface area contributed by atoms with Gasteiger partial charge in [-0.05, 0) is 38.0 Å². The van der Waals surface area contributed by atoms with E-state index in [0.717, 1.165) is 11.3 Å². The number of thioether (sulfide) groups is 1. The van der Waals surface area contributed by atoms with Gasteiger partial charge in [-0.25, -0.2) is 0 Å². The van der Waals surface area contributed by atoms with Gasteiger partial charge in [0.1, 0.15) is 5.75 Å². The van der Waals surface area contributed by atoms with E-state index in [0.29, 0.717) is 23.0 Å². The molecule has 0 spiro atoms. The third kappa shape index (κ3) is 5.72. The standard InChI is InChI=1S/C17H25NO3S/c1-11(2)12(3)18-17(20)10-22-9-15-8-14(13(4)19)6-7-16(15)21-5/h6-8,11-12H,9-10H2,1-5H3,(H,18,20). The van der Waals surface area contributed by atoms with Crippen LogP contribution in [-0.4, -0.2) is 30.6 Å². The van der Waals surface area contributed by atoms with Crippen LogP contribution in [0.4, 0.5) is 0 Å². The summed E-state index contributed by atoms with van der Waals surface area (Å²) in [6.45, 7) is 7.71. The number of benzene rings is 1. The number of ether oxygens (including phenoxy) is 1. The molecule has 1 amide bonds. The number of carbonyl (C=O) groups excluding carboxylic acids is 2. The van der Waals surface area contributed by atoms with Gasteiger partial charge in [-0.3, -0.25) is 9.59 Å². The van der Waals surface area contributed by atoms with Gasteiger partial charge in [0.15, 0.2) is 5.78 Å². The highest BCUT2D eigenvalue weighted by Gasteiger charge is 2.12. The Hall–Kier alpha value is -1.49. The number of hydrogen-bond donors (Lipinski definition) is 1. The zero-order chi connectivity index (χ0) is 16.7. The van der Waals surface area contributed by atoms with Crippen LogP contribution in [0.25, 0.3) is 0 Å². The quantitative estimate of drug-likeness (QED) is 0.746. The highest BCUT2D eigenvalue weighted by Crippen LogP contribution is 2.24. The second-order valence-corrected chi connectivity index (χ2v) is 6.66. The van der Waals surface area contributed by atoms with Crippen molar-refractivity contribution in [3.05, 3.63) is 29.3 Å². The number of amides is 1. The van der Waals surface area contributed by atoms with E-state index in [1.807, 2.05) is 13.0 Å². The van der Waals surface area contributed by atoms with Crippen LogP contribution in [0.2, 0.25) is 0 Å². The fraction of sp³-hybridized carbons (Fsp3) is 0.529. The lowest BCUT2D eigenvalue weighted by Crippen LogP contribution is -2.37. The Bertz CT molecular complexity index is 529. The molecule has 5 heteroatoms. The molecule has 0 saturated heterocycles. The van der Waals surface area contributed by atoms with Crippen LogP contribution in [0.15, 0.2) is 18.2 Å². The zero-order valence-corrected chi connectivity index (χ0v) is 14.8. The van der Waals surface area contributed by atoms with Crippen molar-refractivity contribution >= 4 is 23.5 Å². The summed E-state index contributed by atoms with van der Waals surface area (Å²) in [7, 11) is 1.61. The molecule has 0 aliphatic heterocycles. The number of nitrogens with one attached hydrogen (secondary N) is 1. The Morgan fingerprint density at radius 1 is 1.27 bits per heavy atom. The second kappa shape index (κ2) is 8.83. The molecule has 0 fully saturated rings. The lowest BCUT2D eigenvalue weighted by Gasteiger charge is -2.17. The van der Waals surface area contributed by atoms with Gasteiger partial charge in [0.25, 0.3) is 0 Å². The Balaban J connectivity index is 2.58. The van der Waals surface area contributed by atoms with Crippen LogP contribution >= 0.6 is 11.8 Å². The molecule has 0 aliphatic rings. The highest BCUT2D eigenvalue weighted by atomic mass is 32.2. The Morgan fingerprint density at radius 3 is 2.50 bits per heavy atom. The molecule has 22 heavy (non-hydrogen) atoms. The zero-order valence-electron chi connectivity index (χ0n) is 13.9. The van der Waals surface area contributed by atoms with E-state index in [2.05, 4.69) is 19.2 Å². The second-order valence-electron chi connectivity index (χ2n) is 5.68. The summed E-state index contributed by atoms with van der Waals surface area (Å²) in [4.78, 5) is 23.3. The molecule has 1 aromatic carbocycles. The molecule has 1 atom stereocenters. The Kier molecular flexibility index (Phi) is 7.45. The minimum absolute atomic E-state index is 0.0254. The number of rotatable bonds is 8. The fourth-order valence-electron chi connectivity index (χ4n) is 1.83. The van der Waals surface area contributed by atoms with E-state index >= 15 is 0 Å². The minimum atomic E-state index is 0.0254. The van der Waals surface area contributed by atoms with Crippen molar-refractivity contribution in [1.29, 1.82) is 0 Å². The number of Topliss-reactive ketones (excluding diaryl/α,β-unsaturated/α-hetero) is 1. The third-order valence-corrected chi connectivity index (χ3v) is 4.55. The van der Waals surface area contributed by atoms with E-state index in [1.54, 1.807) is 26.2 Å². The molecular weight excluding hydrogens is 298 g/mol. The molecule has 4 nitrogen and oxygen atoms in total. The van der Waals surface area contributed by atoms with E-state index in [-0.39, 0.29) is 17.7 Å². The molecule has 0 aliphatic carbocycles. The van der Waals surface area contributed by atoms with E-state index in [4.69, 9.17) is 4.74 Å². The van der Waals surface area contributed by atoms with Crippen molar-refractivity contribution in [2.45, 2.75) is 39.5 Å². The van der Waals surface area contributed by atoms with Gasteiger partial charge >= 0.3 is 0 Å². The molecule has 0 heterocycles. The minimum Gasteiger partial charge on any atom is -0.496 e. The summed E-state index contributed by atoms with van der Waals surface area (Å²) in [6.07, 6.45) is 0. The molecule has 1 unspecified atom stereocenters. The normalized spacial score (nSPS) is 12.1. The van der Waals surface area contributed by atoms with Crippen molar-refractivity contribution in [2.75, 3.05) is 12.9 Å². The molecule has 1 N–H and O–H groups in total. The summed E-state index contributed by atoms with van der Waals surface area (Å²) in [6, 6.07) is 5.56. The average Bonchev–Trinajstić information content (AvgIpc) is 2.46. The maximum Gasteiger partial charge on any atom is 0.230 e. The third-order valence-electron chi connectivity index (χ3n) is 3.57. The summed E-state index contributed by atoms with van der Waals surface area (Å²) in [5, 5.41) is 2.98. The molecule has 1 rings (SSSR count). The van der Waals surface area contributed by atoms with Gasteiger partial charge in [0.2, 0.25) is 5.91 Å². The molecule has 0 bridgehead atoms. The van der Waals surface area contributed by atoms with E-state index in [9.17, 15) is 9.59 Å². The predicted molar refractivity (Wildman–Crippen MR) is 91.6 cm³/mol. The molecule has 122 valence electrons. The molecule has 1 aromatic rings. The lowest BCUT2D eigenvalue weighted by atomic mass is 10.1. The smallest absolute Gasteiger partial charge is 0.230 e. The molecular formula is C17H25NO3S. The average molecular weight is 323 g/mol. The number of ketones is 1. The van der Waals surface area contributed by atoms with E-state index in [1.165, 1.54) is 11.8 Å². The topological polar surface area (TPSA) is 55.4 Å². The summed E-state index contributed by atoms with van der Waals surface area (Å²) in [5.41, 5.74) is 1.60. The van der Waals surface area contributed by atoms with Gasteiger partial charge in [0.05, 0.1) is 12.9 Å². The van der Waals surface area contributed by atoms with Gasteiger partial charge < -0.3 is 10.1 Å². The van der Waals surface area contributed by atoms with Gasteiger partial charge in [0, 0.05) is 22.9 Å². The van der Waals surface area contributed by atoms with Crippen LogP contribution in [-0.2, 0) is 10.5 Å². The van der Waals surface area contributed by atoms with Crippen molar-refractivity contribution < 1.29 is 14.3 Å². The van der Waals surface area contributed by atoms with Gasteiger partial charge in [-0.1, -0.05) is 13.8 Å². The maximum absolute atomic E-state index is 11.9. The molecule has 0 radical (unpaired) electrons. The van der Waals surface area contributed by atoms with Crippen LogP contribution in [0, 0.1) is 5.92 Å². The predicted octanol–water partition coefficient (Wildman–Crippen LogP) is 3.29. The van der Waals surface area contributed by atoms with Crippen LogP contribution in [0.1, 0.15) is 43.6 Å². The van der Waals surface area contributed by atoms with Crippen LogP contribution in [0.5, 0.6) is 5.75 Å². The summed E-state index contributed by atoms with van der Waals surface area (Å²) >= 11 is 1.51. The summed E-state index contributed by atoms with van der Waals surface area (Å²) in [5.74, 6) is 2.25. The van der Waals surface area contributed by atoms with Crippen LogP contribution in [0.3, 0.4) is 0 Å². The monoisotopic (exact) mass is 323 g/mol. The molecule has 0 saturated carbocycles. The first kappa shape index (κ1) is 18.6. The van der Waals surface area contributed by atoms with Crippen molar-refractivity contribution in [3.8, 4) is 5.75 Å². The number of methoxy groups -OCH3 is 1. The fourth-order valence-corrected chi connectivity index (χ4v) is 2.64. The first-order valence-corrected chi connectivity index (χ1v) is 8.55. The SMILES string of the molecule is COc1ccc(C(C)=O)cc1CSCC(=O)NC(C)C(C)C. The van der Waals surface area contributed by atoms with Gasteiger partial charge in [-0.2, -0.15) is 0 Å². The lowest BCUT2D eigenvalue weighted by molar-refractivity contribution is -0.119.